The highest BCUT2D eigenvalue weighted by molar-refractivity contribution is 7.88. The summed E-state index contributed by atoms with van der Waals surface area (Å²) in [5.41, 5.74) is 1.61. The summed E-state index contributed by atoms with van der Waals surface area (Å²) in [7, 11) is -3.10. The maximum atomic E-state index is 11.7. The second-order valence-electron chi connectivity index (χ2n) is 4.35. The van der Waals surface area contributed by atoms with Crippen molar-refractivity contribution in [2.75, 3.05) is 25.9 Å². The van der Waals surface area contributed by atoms with E-state index in [-0.39, 0.29) is 11.8 Å². The Morgan fingerprint density at radius 2 is 2.44 bits per heavy atom. The van der Waals surface area contributed by atoms with Gasteiger partial charge in [-0.05, 0) is 12.3 Å². The second-order valence-corrected chi connectivity index (χ2v) is 7.22. The highest BCUT2D eigenvalue weighted by Gasteiger charge is 2.28. The first-order chi connectivity index (χ1) is 8.47. The Kier molecular flexibility index (Phi) is 3.98. The lowest BCUT2D eigenvalue weighted by Gasteiger charge is -2.13. The Morgan fingerprint density at radius 1 is 1.67 bits per heavy atom. The van der Waals surface area contributed by atoms with Crippen molar-refractivity contribution >= 4 is 27.3 Å². The van der Waals surface area contributed by atoms with Gasteiger partial charge in [0.15, 0.2) is 0 Å². The van der Waals surface area contributed by atoms with Crippen LogP contribution in [0.2, 0.25) is 0 Å². The van der Waals surface area contributed by atoms with Crippen LogP contribution in [-0.4, -0.2) is 49.5 Å². The van der Waals surface area contributed by atoms with Crippen molar-refractivity contribution in [3.8, 4) is 0 Å². The van der Waals surface area contributed by atoms with Gasteiger partial charge >= 0.3 is 0 Å². The molecule has 0 spiro atoms. The summed E-state index contributed by atoms with van der Waals surface area (Å²) in [6.07, 6.45) is 3.53. The summed E-state index contributed by atoms with van der Waals surface area (Å²) in [6, 6.07) is 0. The number of nitrogens with one attached hydrogen (secondary N) is 1. The molecule has 1 amide bonds. The van der Waals surface area contributed by atoms with E-state index >= 15 is 0 Å². The normalized spacial score (nSPS) is 21.1. The zero-order valence-electron chi connectivity index (χ0n) is 10.00. The van der Waals surface area contributed by atoms with E-state index in [4.69, 9.17) is 0 Å². The molecule has 1 N–H and O–H groups in total. The molecule has 0 bridgehead atoms. The number of amides is 1. The maximum Gasteiger partial charge on any atom is 0.263 e. The number of carbonyl (C=O) groups is 1. The SMILES string of the molecule is CS(=O)(=O)N1CCC(CNC(=O)c2cncs2)C1. The molecule has 8 heteroatoms. The topological polar surface area (TPSA) is 79.4 Å². The molecular formula is C10H15N3O3S2. The molecule has 1 saturated heterocycles. The Bertz CT molecular complexity index is 512. The Morgan fingerprint density at radius 3 is 3.00 bits per heavy atom. The first-order valence-corrected chi connectivity index (χ1v) is 8.31. The average molecular weight is 289 g/mol. The van der Waals surface area contributed by atoms with E-state index in [0.717, 1.165) is 6.42 Å². The van der Waals surface area contributed by atoms with Crippen molar-refractivity contribution in [3.05, 3.63) is 16.6 Å². The van der Waals surface area contributed by atoms with E-state index in [1.54, 1.807) is 5.51 Å². The van der Waals surface area contributed by atoms with Gasteiger partial charge in [0, 0.05) is 19.6 Å². The lowest BCUT2D eigenvalue weighted by atomic mass is 10.1. The molecule has 0 aliphatic carbocycles. The van der Waals surface area contributed by atoms with Crippen molar-refractivity contribution in [2.24, 2.45) is 5.92 Å². The molecule has 2 heterocycles. The minimum absolute atomic E-state index is 0.143. The molecule has 1 aromatic heterocycles. The molecule has 1 fully saturated rings. The molecule has 6 nitrogen and oxygen atoms in total. The minimum Gasteiger partial charge on any atom is -0.351 e. The van der Waals surface area contributed by atoms with E-state index in [2.05, 4.69) is 10.3 Å². The third-order valence-electron chi connectivity index (χ3n) is 2.93. The van der Waals surface area contributed by atoms with Crippen LogP contribution in [0.4, 0.5) is 0 Å². The molecule has 1 aliphatic rings. The average Bonchev–Trinajstić information content (AvgIpc) is 2.96. The number of carbonyl (C=O) groups excluding carboxylic acids is 1. The van der Waals surface area contributed by atoms with Crippen LogP contribution in [0.3, 0.4) is 0 Å². The van der Waals surface area contributed by atoms with Crippen LogP contribution in [0.5, 0.6) is 0 Å². The molecule has 18 heavy (non-hydrogen) atoms. The van der Waals surface area contributed by atoms with E-state index in [1.165, 1.54) is 28.1 Å². The first kappa shape index (κ1) is 13.4. The van der Waals surface area contributed by atoms with Crippen molar-refractivity contribution in [3.63, 3.8) is 0 Å². The molecule has 1 aliphatic heterocycles. The van der Waals surface area contributed by atoms with Gasteiger partial charge < -0.3 is 5.32 Å². The Labute approximate surface area is 110 Å². The van der Waals surface area contributed by atoms with Crippen LogP contribution in [0, 0.1) is 5.92 Å². The standard InChI is InChI=1S/C10H15N3O3S2/c1-18(15,16)13-3-2-8(6-13)4-12-10(14)9-5-11-7-17-9/h5,7-8H,2-4,6H2,1H3,(H,12,14). The fourth-order valence-corrected chi connectivity index (χ4v) is 3.37. The smallest absolute Gasteiger partial charge is 0.263 e. The number of rotatable bonds is 4. The van der Waals surface area contributed by atoms with Crippen molar-refractivity contribution in [1.82, 2.24) is 14.6 Å². The van der Waals surface area contributed by atoms with Crippen molar-refractivity contribution < 1.29 is 13.2 Å². The predicted molar refractivity (Wildman–Crippen MR) is 69.0 cm³/mol. The van der Waals surface area contributed by atoms with Crippen LogP contribution in [-0.2, 0) is 10.0 Å². The molecule has 1 aromatic rings. The quantitative estimate of drug-likeness (QED) is 0.856. The van der Waals surface area contributed by atoms with Gasteiger partial charge in [0.25, 0.3) is 5.91 Å². The molecule has 2 rings (SSSR count). The monoisotopic (exact) mass is 289 g/mol. The van der Waals surface area contributed by atoms with Gasteiger partial charge in [-0.2, -0.15) is 0 Å². The van der Waals surface area contributed by atoms with E-state index in [0.29, 0.717) is 24.5 Å². The van der Waals surface area contributed by atoms with Crippen LogP contribution in [0.25, 0.3) is 0 Å². The van der Waals surface area contributed by atoms with Gasteiger partial charge in [-0.25, -0.2) is 12.7 Å². The maximum absolute atomic E-state index is 11.7. The van der Waals surface area contributed by atoms with Crippen molar-refractivity contribution in [1.29, 1.82) is 0 Å². The zero-order valence-corrected chi connectivity index (χ0v) is 11.6. The molecular weight excluding hydrogens is 274 g/mol. The molecule has 1 atom stereocenters. The number of sulfonamides is 1. The fraction of sp³-hybridized carbons (Fsp3) is 0.600. The summed E-state index contributed by atoms with van der Waals surface area (Å²) in [6.45, 7) is 1.53. The van der Waals surface area contributed by atoms with Gasteiger partial charge in [-0.3, -0.25) is 9.78 Å². The summed E-state index contributed by atoms with van der Waals surface area (Å²) in [5, 5.41) is 2.81. The number of hydrogen-bond acceptors (Lipinski definition) is 5. The van der Waals surface area contributed by atoms with Crippen LogP contribution >= 0.6 is 11.3 Å². The molecule has 0 saturated carbocycles. The highest BCUT2D eigenvalue weighted by Crippen LogP contribution is 2.18. The molecule has 0 aromatic carbocycles. The third-order valence-corrected chi connectivity index (χ3v) is 4.97. The zero-order chi connectivity index (χ0) is 13.2. The molecule has 100 valence electrons. The third kappa shape index (κ3) is 3.27. The second kappa shape index (κ2) is 5.33. The number of nitrogens with zero attached hydrogens (tertiary/aromatic N) is 2. The van der Waals surface area contributed by atoms with Crippen LogP contribution in [0.15, 0.2) is 11.7 Å². The summed E-state index contributed by atoms with van der Waals surface area (Å²) in [5.74, 6) is 0.0481. The van der Waals surface area contributed by atoms with Crippen LogP contribution in [0.1, 0.15) is 16.1 Å². The Balaban J connectivity index is 1.81. The first-order valence-electron chi connectivity index (χ1n) is 5.58. The Hall–Kier alpha value is -0.990. The lowest BCUT2D eigenvalue weighted by Crippen LogP contribution is -2.32. The van der Waals surface area contributed by atoms with Gasteiger partial charge in [0.05, 0.1) is 18.0 Å². The summed E-state index contributed by atoms with van der Waals surface area (Å²) in [4.78, 5) is 16.1. The highest BCUT2D eigenvalue weighted by atomic mass is 32.2. The largest absolute Gasteiger partial charge is 0.351 e. The minimum atomic E-state index is -3.10. The number of hydrogen-bond donors (Lipinski definition) is 1. The van der Waals surface area contributed by atoms with Gasteiger partial charge in [0.1, 0.15) is 4.88 Å². The number of thiazole rings is 1. The fourth-order valence-electron chi connectivity index (χ4n) is 1.92. The summed E-state index contributed by atoms with van der Waals surface area (Å²) >= 11 is 1.29. The van der Waals surface area contributed by atoms with Gasteiger partial charge in [-0.1, -0.05) is 0 Å². The van der Waals surface area contributed by atoms with E-state index < -0.39 is 10.0 Å². The molecule has 0 radical (unpaired) electrons. The summed E-state index contributed by atoms with van der Waals surface area (Å²) < 4.78 is 24.1. The van der Waals surface area contributed by atoms with E-state index in [1.807, 2.05) is 0 Å². The lowest BCUT2D eigenvalue weighted by molar-refractivity contribution is 0.0952. The van der Waals surface area contributed by atoms with Gasteiger partial charge in [0.2, 0.25) is 10.0 Å². The predicted octanol–water partition coefficient (Wildman–Crippen LogP) is 0.154. The van der Waals surface area contributed by atoms with E-state index in [9.17, 15) is 13.2 Å². The van der Waals surface area contributed by atoms with Crippen LogP contribution < -0.4 is 5.32 Å². The van der Waals surface area contributed by atoms with Crippen molar-refractivity contribution in [2.45, 2.75) is 6.42 Å². The number of aromatic nitrogens is 1. The molecule has 1 unspecified atom stereocenters. The van der Waals surface area contributed by atoms with Gasteiger partial charge in [-0.15, -0.1) is 11.3 Å².